The van der Waals surface area contributed by atoms with E-state index >= 15 is 0 Å². The Morgan fingerprint density at radius 3 is 2.57 bits per heavy atom. The monoisotopic (exact) mass is 607 g/mol. The van der Waals surface area contributed by atoms with Crippen LogP contribution in [0.25, 0.3) is 22.6 Å². The summed E-state index contributed by atoms with van der Waals surface area (Å²) < 4.78 is 48.3. The summed E-state index contributed by atoms with van der Waals surface area (Å²) in [6.07, 6.45) is -2.75. The molecule has 0 aliphatic carbocycles. The lowest BCUT2D eigenvalue weighted by Gasteiger charge is -2.34. The Balaban J connectivity index is 1.46. The van der Waals surface area contributed by atoms with Crippen LogP contribution in [0.1, 0.15) is 67.4 Å². The Bertz CT molecular complexity index is 1660. The van der Waals surface area contributed by atoms with E-state index in [1.54, 1.807) is 41.4 Å². The van der Waals surface area contributed by atoms with Crippen LogP contribution in [-0.2, 0) is 13.0 Å². The molecule has 1 atom stereocenters. The van der Waals surface area contributed by atoms with Crippen molar-refractivity contribution in [1.82, 2.24) is 25.3 Å². The summed E-state index contributed by atoms with van der Waals surface area (Å²) in [5.74, 6) is -0.339. The Morgan fingerprint density at radius 2 is 1.86 bits per heavy atom. The number of carbonyl (C=O) groups is 2. The number of ketones is 1. The van der Waals surface area contributed by atoms with Gasteiger partial charge in [-0.05, 0) is 73.7 Å². The fourth-order valence-electron chi connectivity index (χ4n) is 5.15. The summed E-state index contributed by atoms with van der Waals surface area (Å²) in [5, 5.41) is 6.96. The van der Waals surface area contributed by atoms with Crippen molar-refractivity contribution < 1.29 is 32.0 Å². The molecular weight excluding hydrogens is 575 g/mol. The van der Waals surface area contributed by atoms with Crippen LogP contribution in [0.3, 0.4) is 0 Å². The normalized spacial score (nSPS) is 14.1. The number of ether oxygens (including phenoxy) is 1. The smallest absolute Gasteiger partial charge is 0.406 e. The molecule has 0 saturated heterocycles. The van der Waals surface area contributed by atoms with E-state index in [9.17, 15) is 22.8 Å². The predicted molar refractivity (Wildman–Crippen MR) is 156 cm³/mol. The molecule has 1 aliphatic heterocycles. The van der Waals surface area contributed by atoms with Gasteiger partial charge in [0.05, 0.1) is 0 Å². The van der Waals surface area contributed by atoms with Gasteiger partial charge in [0.25, 0.3) is 0 Å². The lowest BCUT2D eigenvalue weighted by atomic mass is 9.85. The minimum atomic E-state index is -4.83. The molecule has 0 saturated carbocycles. The zero-order valence-corrected chi connectivity index (χ0v) is 24.7. The van der Waals surface area contributed by atoms with Gasteiger partial charge in [-0.15, -0.1) is 13.2 Å². The number of alkyl halides is 3. The number of halogens is 3. The largest absolute Gasteiger partial charge is 0.573 e. The van der Waals surface area contributed by atoms with Crippen LogP contribution in [0, 0.1) is 0 Å². The van der Waals surface area contributed by atoms with Crippen molar-refractivity contribution in [3.05, 3.63) is 83.4 Å². The summed E-state index contributed by atoms with van der Waals surface area (Å²) in [6, 6.07) is 14.2. The van der Waals surface area contributed by atoms with Crippen LogP contribution in [-0.4, -0.2) is 50.3 Å². The van der Waals surface area contributed by atoms with Crippen molar-refractivity contribution in [3.63, 3.8) is 0 Å². The van der Waals surface area contributed by atoms with E-state index in [4.69, 9.17) is 4.52 Å². The number of nitrogens with zero attached hydrogens (tertiary/aromatic N) is 4. The minimum absolute atomic E-state index is 0.0543. The first-order valence-corrected chi connectivity index (χ1v) is 14.1. The number of rotatable bonds is 7. The van der Waals surface area contributed by atoms with Gasteiger partial charge in [0.1, 0.15) is 11.4 Å². The minimum Gasteiger partial charge on any atom is -0.406 e. The number of fused-ring (bicyclic) bond motifs is 1. The van der Waals surface area contributed by atoms with Gasteiger partial charge in [-0.3, -0.25) is 9.78 Å². The first-order valence-electron chi connectivity index (χ1n) is 14.1. The molecule has 1 aliphatic rings. The molecular formula is C32H32F3N5O4. The van der Waals surface area contributed by atoms with Crippen LogP contribution in [0.2, 0.25) is 0 Å². The summed E-state index contributed by atoms with van der Waals surface area (Å²) in [5.41, 5.74) is 3.13. The van der Waals surface area contributed by atoms with Crippen LogP contribution in [0.15, 0.2) is 65.3 Å². The summed E-state index contributed by atoms with van der Waals surface area (Å²) in [6.45, 7) is 7.97. The number of aromatic nitrogens is 3. The molecule has 44 heavy (non-hydrogen) atoms. The zero-order chi connectivity index (χ0) is 31.6. The fourth-order valence-corrected chi connectivity index (χ4v) is 5.15. The molecule has 12 heteroatoms. The van der Waals surface area contributed by atoms with Gasteiger partial charge in [-0.1, -0.05) is 42.4 Å². The highest BCUT2D eigenvalue weighted by atomic mass is 19.4. The molecule has 3 heterocycles. The highest BCUT2D eigenvalue weighted by Crippen LogP contribution is 2.36. The topological polar surface area (TPSA) is 110 Å². The number of carbonyl (C=O) groups excluding carboxylic acids is 2. The molecule has 2 aromatic carbocycles. The summed E-state index contributed by atoms with van der Waals surface area (Å²) >= 11 is 0. The van der Waals surface area contributed by atoms with Gasteiger partial charge in [0.2, 0.25) is 11.7 Å². The van der Waals surface area contributed by atoms with Gasteiger partial charge < -0.3 is 19.5 Å². The molecule has 9 nitrogen and oxygen atoms in total. The third-order valence-electron chi connectivity index (χ3n) is 7.11. The van der Waals surface area contributed by atoms with Crippen molar-refractivity contribution >= 4 is 11.8 Å². The molecule has 0 radical (unpaired) electrons. The molecule has 0 bridgehead atoms. The Labute approximate surface area is 252 Å². The highest BCUT2D eigenvalue weighted by Gasteiger charge is 2.32. The zero-order valence-electron chi connectivity index (χ0n) is 24.7. The van der Waals surface area contributed by atoms with Crippen LogP contribution >= 0.6 is 0 Å². The van der Waals surface area contributed by atoms with Gasteiger partial charge in [0.15, 0.2) is 5.78 Å². The van der Waals surface area contributed by atoms with Gasteiger partial charge in [-0.2, -0.15) is 4.98 Å². The molecule has 2 amide bonds. The van der Waals surface area contributed by atoms with E-state index in [1.165, 1.54) is 18.2 Å². The molecule has 1 N–H and O–H groups in total. The molecule has 4 aromatic rings. The van der Waals surface area contributed by atoms with E-state index in [1.807, 2.05) is 33.8 Å². The van der Waals surface area contributed by atoms with E-state index in [0.717, 1.165) is 5.56 Å². The third-order valence-corrected chi connectivity index (χ3v) is 7.11. The highest BCUT2D eigenvalue weighted by molar-refractivity contribution is 5.99. The first kappa shape index (κ1) is 30.7. The lowest BCUT2D eigenvalue weighted by Crippen LogP contribution is -2.50. The van der Waals surface area contributed by atoms with Crippen molar-refractivity contribution in [2.45, 2.75) is 64.9 Å². The number of pyridine rings is 1. The third kappa shape index (κ3) is 7.24. The second-order valence-electron chi connectivity index (χ2n) is 11.7. The van der Waals surface area contributed by atoms with Crippen LogP contribution in [0.4, 0.5) is 18.0 Å². The number of nitrogens with one attached hydrogen (secondary N) is 1. The second kappa shape index (κ2) is 12.1. The quantitative estimate of drug-likeness (QED) is 0.227. The number of hydrogen-bond donors (Lipinski definition) is 1. The number of Topliss-reactive ketones (excluding diaryl/α,β-unsaturated/α-hetero) is 1. The maximum atomic E-state index is 13.8. The molecule has 0 spiro atoms. The second-order valence-corrected chi connectivity index (χ2v) is 11.7. The maximum absolute atomic E-state index is 13.8. The number of urea groups is 1. The molecule has 5 rings (SSSR count). The number of benzene rings is 2. The average Bonchev–Trinajstić information content (AvgIpc) is 3.46. The maximum Gasteiger partial charge on any atom is 0.573 e. The van der Waals surface area contributed by atoms with Crippen LogP contribution in [0.5, 0.6) is 5.75 Å². The van der Waals surface area contributed by atoms with E-state index in [2.05, 4.69) is 25.2 Å². The van der Waals surface area contributed by atoms with Crippen molar-refractivity contribution in [2.24, 2.45) is 0 Å². The van der Waals surface area contributed by atoms with E-state index in [0.29, 0.717) is 46.7 Å². The van der Waals surface area contributed by atoms with Gasteiger partial charge in [0, 0.05) is 42.7 Å². The van der Waals surface area contributed by atoms with E-state index in [-0.39, 0.29) is 36.4 Å². The Hall–Kier alpha value is -4.74. The lowest BCUT2D eigenvalue weighted by molar-refractivity contribution is -0.274. The summed E-state index contributed by atoms with van der Waals surface area (Å²) in [4.78, 5) is 37.2. The Kier molecular flexibility index (Phi) is 8.44. The molecule has 230 valence electrons. The SMILES string of the molecule is CC(CC(=O)c1ccc(-c2cccc(OC(F)(F)F)c2)c2c1CN(C(=O)NC(C)(C)C)CC2)c1nc(-c2ccccn2)no1. The van der Waals surface area contributed by atoms with Crippen molar-refractivity contribution in [1.29, 1.82) is 0 Å². The fraction of sp³-hybridized carbons (Fsp3) is 0.344. The van der Waals surface area contributed by atoms with Gasteiger partial charge in [-0.25, -0.2) is 4.79 Å². The van der Waals surface area contributed by atoms with Crippen LogP contribution < -0.4 is 10.1 Å². The number of amides is 2. The van der Waals surface area contributed by atoms with Crippen molar-refractivity contribution in [2.75, 3.05) is 6.54 Å². The molecule has 0 fully saturated rings. The van der Waals surface area contributed by atoms with E-state index < -0.39 is 17.8 Å². The Morgan fingerprint density at radius 1 is 1.07 bits per heavy atom. The number of hydrogen-bond acceptors (Lipinski definition) is 7. The molecule has 1 unspecified atom stereocenters. The standard InChI is InChI=1S/C32H32F3N5O4/c1-19(29-37-28(39-44-29)26-10-5-6-14-36-26)16-27(41)24-12-11-22(20-8-7-9-21(17-20)43-32(33,34)35)23-13-15-40(18-25(23)24)30(42)38-31(2,3)4/h5-12,14,17,19H,13,15-16,18H2,1-4H3,(H,38,42). The first-order chi connectivity index (χ1) is 20.8. The van der Waals surface area contributed by atoms with Gasteiger partial charge >= 0.3 is 12.4 Å². The summed E-state index contributed by atoms with van der Waals surface area (Å²) in [7, 11) is 0. The average molecular weight is 608 g/mol. The predicted octanol–water partition coefficient (Wildman–Crippen LogP) is 6.94. The molecule has 2 aromatic heterocycles. The van der Waals surface area contributed by atoms with Crippen molar-refractivity contribution in [3.8, 4) is 28.4 Å².